The number of aryl methyl sites for hydroxylation is 1. The first kappa shape index (κ1) is 18.1. The number of hydrogen-bond acceptors (Lipinski definition) is 3. The van der Waals surface area contributed by atoms with Gasteiger partial charge in [0, 0.05) is 17.9 Å². The lowest BCUT2D eigenvalue weighted by Gasteiger charge is -2.13. The summed E-state index contributed by atoms with van der Waals surface area (Å²) in [6, 6.07) is 13.2. The van der Waals surface area contributed by atoms with Crippen molar-refractivity contribution in [1.82, 2.24) is 5.32 Å². The van der Waals surface area contributed by atoms with Crippen molar-refractivity contribution in [1.29, 1.82) is 0 Å². The van der Waals surface area contributed by atoms with Crippen molar-refractivity contribution in [3.63, 3.8) is 0 Å². The number of nitrogens with one attached hydrogen (secondary N) is 2. The van der Waals surface area contributed by atoms with Crippen LogP contribution in [0, 0.1) is 12.7 Å². The molecular weight excluding hydrogens is 333 g/mol. The Hall–Kier alpha value is -2.73. The Balaban J connectivity index is 1.72. The molecule has 1 fully saturated rings. The number of carbonyl (C=O) groups is 1. The number of anilines is 1. The van der Waals surface area contributed by atoms with Crippen LogP contribution < -0.4 is 10.6 Å². The molecule has 0 aromatic heterocycles. The van der Waals surface area contributed by atoms with Crippen LogP contribution in [-0.4, -0.2) is 31.1 Å². The van der Waals surface area contributed by atoms with Crippen LogP contribution >= 0.6 is 0 Å². The summed E-state index contributed by atoms with van der Waals surface area (Å²) in [4.78, 5) is 16.9. The van der Waals surface area contributed by atoms with Gasteiger partial charge in [-0.05, 0) is 56.2 Å². The zero-order valence-electron chi connectivity index (χ0n) is 14.7. The Labute approximate surface area is 152 Å². The normalized spacial score (nSPS) is 17.2. The highest BCUT2D eigenvalue weighted by Gasteiger charge is 2.16. The quantitative estimate of drug-likeness (QED) is 0.652. The fourth-order valence-corrected chi connectivity index (χ4v) is 2.65. The highest BCUT2D eigenvalue weighted by atomic mass is 19.1. The van der Waals surface area contributed by atoms with Gasteiger partial charge in [-0.15, -0.1) is 0 Å². The summed E-state index contributed by atoms with van der Waals surface area (Å²) < 4.78 is 18.7. The largest absolute Gasteiger partial charge is 0.376 e. The predicted octanol–water partition coefficient (Wildman–Crippen LogP) is 3.51. The number of rotatable bonds is 4. The molecule has 0 aliphatic carbocycles. The molecule has 26 heavy (non-hydrogen) atoms. The summed E-state index contributed by atoms with van der Waals surface area (Å²) in [6.07, 6.45) is 2.05. The minimum absolute atomic E-state index is 0.0660. The molecule has 1 aliphatic rings. The molecule has 136 valence electrons. The number of carbonyl (C=O) groups excluding carboxylic acids is 1. The van der Waals surface area contributed by atoms with E-state index >= 15 is 0 Å². The van der Waals surface area contributed by atoms with Crippen molar-refractivity contribution in [3.8, 4) is 0 Å². The second-order valence-electron chi connectivity index (χ2n) is 6.28. The van der Waals surface area contributed by atoms with Gasteiger partial charge in [-0.3, -0.25) is 10.1 Å². The average Bonchev–Trinajstić information content (AvgIpc) is 3.15. The number of ether oxygens (including phenoxy) is 1. The fraction of sp³-hybridized carbons (Fsp3) is 0.300. The molecular formula is C20H22FN3O2. The van der Waals surface area contributed by atoms with Crippen LogP contribution in [0.3, 0.4) is 0 Å². The SMILES string of the molecule is Cc1ccc(C(=O)NC(=NCC2CCCO2)Nc2ccc(F)cc2)cc1. The van der Waals surface area contributed by atoms with Gasteiger partial charge in [-0.1, -0.05) is 17.7 Å². The first-order chi connectivity index (χ1) is 12.6. The zero-order valence-corrected chi connectivity index (χ0v) is 14.7. The molecule has 1 unspecified atom stereocenters. The Kier molecular flexibility index (Phi) is 5.96. The van der Waals surface area contributed by atoms with Gasteiger partial charge in [-0.25, -0.2) is 9.38 Å². The standard InChI is InChI=1S/C20H22FN3O2/c1-14-4-6-15(7-5-14)19(25)24-20(22-13-18-3-2-12-26-18)23-17-10-8-16(21)9-11-17/h4-11,18H,2-3,12-13H2,1H3,(H2,22,23,24,25). The van der Waals surface area contributed by atoms with Crippen molar-refractivity contribution in [2.24, 2.45) is 4.99 Å². The molecule has 5 nitrogen and oxygen atoms in total. The Morgan fingerprint density at radius 1 is 1.19 bits per heavy atom. The summed E-state index contributed by atoms with van der Waals surface area (Å²) in [5.74, 6) is -0.263. The third-order valence-corrected chi connectivity index (χ3v) is 4.13. The van der Waals surface area contributed by atoms with Gasteiger partial charge in [0.2, 0.25) is 5.96 Å². The summed E-state index contributed by atoms with van der Waals surface area (Å²) in [5.41, 5.74) is 2.27. The first-order valence-electron chi connectivity index (χ1n) is 8.67. The van der Waals surface area contributed by atoms with Gasteiger partial charge in [0.1, 0.15) is 5.82 Å². The van der Waals surface area contributed by atoms with Crippen LogP contribution in [-0.2, 0) is 4.74 Å². The van der Waals surface area contributed by atoms with Gasteiger partial charge in [0.15, 0.2) is 0 Å². The van der Waals surface area contributed by atoms with Crippen molar-refractivity contribution in [2.45, 2.75) is 25.9 Å². The Morgan fingerprint density at radius 3 is 2.58 bits per heavy atom. The van der Waals surface area contributed by atoms with Crippen molar-refractivity contribution < 1.29 is 13.9 Å². The molecule has 0 bridgehead atoms. The van der Waals surface area contributed by atoms with Gasteiger partial charge in [-0.2, -0.15) is 0 Å². The lowest BCUT2D eigenvalue weighted by Crippen LogP contribution is -2.36. The second-order valence-corrected chi connectivity index (χ2v) is 6.28. The topological polar surface area (TPSA) is 62.7 Å². The smallest absolute Gasteiger partial charge is 0.257 e. The van der Waals surface area contributed by atoms with E-state index in [9.17, 15) is 9.18 Å². The minimum Gasteiger partial charge on any atom is -0.376 e. The lowest BCUT2D eigenvalue weighted by atomic mass is 10.1. The summed E-state index contributed by atoms with van der Waals surface area (Å²) in [7, 11) is 0. The zero-order chi connectivity index (χ0) is 18.4. The number of guanidine groups is 1. The van der Waals surface area contributed by atoms with E-state index in [1.54, 1.807) is 24.3 Å². The van der Waals surface area contributed by atoms with E-state index in [0.717, 1.165) is 25.0 Å². The average molecular weight is 355 g/mol. The van der Waals surface area contributed by atoms with Crippen LogP contribution in [0.2, 0.25) is 0 Å². The van der Waals surface area contributed by atoms with E-state index in [1.165, 1.54) is 12.1 Å². The number of benzene rings is 2. The number of hydrogen-bond donors (Lipinski definition) is 2. The summed E-state index contributed by atoms with van der Waals surface area (Å²) >= 11 is 0. The van der Waals surface area contributed by atoms with Crippen molar-refractivity contribution >= 4 is 17.6 Å². The van der Waals surface area contributed by atoms with E-state index in [1.807, 2.05) is 19.1 Å². The molecule has 2 aromatic rings. The fourth-order valence-electron chi connectivity index (χ4n) is 2.65. The number of amides is 1. The highest BCUT2D eigenvalue weighted by molar-refractivity contribution is 6.09. The molecule has 6 heteroatoms. The van der Waals surface area contributed by atoms with E-state index in [-0.39, 0.29) is 17.8 Å². The van der Waals surface area contributed by atoms with Crippen LogP contribution in [0.25, 0.3) is 0 Å². The number of nitrogens with zero attached hydrogens (tertiary/aromatic N) is 1. The molecule has 2 aromatic carbocycles. The Bertz CT molecular complexity index is 767. The van der Waals surface area contributed by atoms with E-state index in [0.29, 0.717) is 23.8 Å². The van der Waals surface area contributed by atoms with E-state index < -0.39 is 0 Å². The number of aliphatic imine (C=N–C) groups is 1. The highest BCUT2D eigenvalue weighted by Crippen LogP contribution is 2.13. The molecule has 1 saturated heterocycles. The lowest BCUT2D eigenvalue weighted by molar-refractivity contribution is 0.0975. The van der Waals surface area contributed by atoms with Crippen LogP contribution in [0.1, 0.15) is 28.8 Å². The molecule has 1 aliphatic heterocycles. The molecule has 3 rings (SSSR count). The number of halogens is 1. The summed E-state index contributed by atoms with van der Waals surface area (Å²) in [6.45, 7) is 3.17. The maximum Gasteiger partial charge on any atom is 0.257 e. The third-order valence-electron chi connectivity index (χ3n) is 4.13. The van der Waals surface area contributed by atoms with Crippen LogP contribution in [0.4, 0.5) is 10.1 Å². The minimum atomic E-state index is -0.322. The van der Waals surface area contributed by atoms with Gasteiger partial charge < -0.3 is 10.1 Å². The molecule has 0 saturated carbocycles. The molecule has 0 spiro atoms. The molecule has 1 amide bonds. The van der Waals surface area contributed by atoms with Crippen LogP contribution in [0.15, 0.2) is 53.5 Å². The predicted molar refractivity (Wildman–Crippen MR) is 99.9 cm³/mol. The van der Waals surface area contributed by atoms with Crippen molar-refractivity contribution in [2.75, 3.05) is 18.5 Å². The second kappa shape index (κ2) is 8.58. The molecule has 1 atom stereocenters. The van der Waals surface area contributed by atoms with Crippen molar-refractivity contribution in [3.05, 3.63) is 65.5 Å². The molecule has 2 N–H and O–H groups in total. The van der Waals surface area contributed by atoms with Gasteiger partial charge >= 0.3 is 0 Å². The van der Waals surface area contributed by atoms with E-state index in [2.05, 4.69) is 15.6 Å². The molecule has 1 heterocycles. The maximum absolute atomic E-state index is 13.1. The third kappa shape index (κ3) is 5.13. The monoisotopic (exact) mass is 355 g/mol. The van der Waals surface area contributed by atoms with Crippen LogP contribution in [0.5, 0.6) is 0 Å². The summed E-state index contributed by atoms with van der Waals surface area (Å²) in [5, 5.41) is 5.83. The molecule has 0 radical (unpaired) electrons. The van der Waals surface area contributed by atoms with E-state index in [4.69, 9.17) is 4.74 Å². The first-order valence-corrected chi connectivity index (χ1v) is 8.67. The van der Waals surface area contributed by atoms with Gasteiger partial charge in [0.05, 0.1) is 12.6 Å². The Morgan fingerprint density at radius 2 is 1.92 bits per heavy atom. The maximum atomic E-state index is 13.1. The van der Waals surface area contributed by atoms with Gasteiger partial charge in [0.25, 0.3) is 5.91 Å².